The molecule has 0 bridgehead atoms. The topological polar surface area (TPSA) is 56.1 Å². The summed E-state index contributed by atoms with van der Waals surface area (Å²) in [4.78, 5) is 35.8. The van der Waals surface area contributed by atoms with E-state index in [9.17, 15) is 14.4 Å². The van der Waals surface area contributed by atoms with Gasteiger partial charge in [0.25, 0.3) is 5.91 Å². The highest BCUT2D eigenvalue weighted by Crippen LogP contribution is 2.22. The van der Waals surface area contributed by atoms with Crippen molar-refractivity contribution in [2.45, 2.75) is 6.92 Å². The summed E-state index contributed by atoms with van der Waals surface area (Å²) in [6.07, 6.45) is 0. The lowest BCUT2D eigenvalue weighted by molar-refractivity contribution is 0.0962. The van der Waals surface area contributed by atoms with Crippen molar-refractivity contribution in [3.8, 4) is 0 Å². The number of Topliss-reactive ketones (excluding diaryl/α,β-unsaturated/α-hetero) is 1. The molecule has 0 radical (unpaired) electrons. The van der Waals surface area contributed by atoms with Crippen molar-refractivity contribution in [2.75, 3.05) is 0 Å². The predicted octanol–water partition coefficient (Wildman–Crippen LogP) is 3.61. The molecule has 0 saturated heterocycles. The molecule has 22 heavy (non-hydrogen) atoms. The monoisotopic (exact) mass is 331 g/mol. The van der Waals surface area contributed by atoms with Crippen LogP contribution >= 0.6 is 22.9 Å². The maximum Gasteiger partial charge on any atom is 0.315 e. The largest absolute Gasteiger partial charge is 0.315 e. The van der Waals surface area contributed by atoms with Crippen molar-refractivity contribution in [3.05, 3.63) is 68.3 Å². The third kappa shape index (κ3) is 2.38. The summed E-state index contributed by atoms with van der Waals surface area (Å²) in [7, 11) is 0. The number of benzene rings is 2. The van der Waals surface area contributed by atoms with Crippen molar-refractivity contribution < 1.29 is 9.59 Å². The Balaban J connectivity index is 2.21. The normalized spacial score (nSPS) is 10.8. The second kappa shape index (κ2) is 5.51. The Kier molecular flexibility index (Phi) is 3.68. The van der Waals surface area contributed by atoms with Crippen molar-refractivity contribution in [2.24, 2.45) is 0 Å². The number of rotatable bonds is 2. The van der Waals surface area contributed by atoms with Crippen LogP contribution in [0.5, 0.6) is 0 Å². The molecule has 0 spiro atoms. The highest BCUT2D eigenvalue weighted by molar-refractivity contribution is 7.16. The molecule has 1 heterocycles. The minimum absolute atomic E-state index is 0.0910. The Bertz CT molecular complexity index is 971. The van der Waals surface area contributed by atoms with Gasteiger partial charge in [0, 0.05) is 5.56 Å². The van der Waals surface area contributed by atoms with Crippen LogP contribution in [0.2, 0.25) is 5.02 Å². The molecule has 0 N–H and O–H groups in total. The van der Waals surface area contributed by atoms with Crippen molar-refractivity contribution >= 4 is 44.8 Å². The lowest BCUT2D eigenvalue weighted by Gasteiger charge is -2.05. The first-order valence-electron chi connectivity index (χ1n) is 6.45. The first-order chi connectivity index (χ1) is 10.5. The molecule has 3 aromatic rings. The van der Waals surface area contributed by atoms with E-state index in [1.165, 1.54) is 6.92 Å². The van der Waals surface area contributed by atoms with Crippen LogP contribution in [0.15, 0.2) is 47.3 Å². The number of nitrogens with zero attached hydrogens (tertiary/aromatic N) is 1. The first-order valence-corrected chi connectivity index (χ1v) is 7.64. The Morgan fingerprint density at radius 1 is 1.14 bits per heavy atom. The predicted molar refractivity (Wildman–Crippen MR) is 87.3 cm³/mol. The van der Waals surface area contributed by atoms with Crippen LogP contribution in [0.4, 0.5) is 0 Å². The molecule has 110 valence electrons. The van der Waals surface area contributed by atoms with E-state index in [0.717, 1.165) is 15.9 Å². The second-order valence-corrected chi connectivity index (χ2v) is 6.13. The van der Waals surface area contributed by atoms with E-state index in [-0.39, 0.29) is 11.3 Å². The van der Waals surface area contributed by atoms with Gasteiger partial charge in [0.15, 0.2) is 5.78 Å². The van der Waals surface area contributed by atoms with Crippen LogP contribution in [-0.4, -0.2) is 16.3 Å². The summed E-state index contributed by atoms with van der Waals surface area (Å²) in [5.41, 5.74) is 1.25. The number of carbonyl (C=O) groups is 2. The van der Waals surface area contributed by atoms with Gasteiger partial charge in [-0.3, -0.25) is 14.4 Å². The molecule has 0 saturated carbocycles. The maximum absolute atomic E-state index is 12.6. The van der Waals surface area contributed by atoms with Gasteiger partial charge < -0.3 is 0 Å². The SMILES string of the molecule is CC(=O)c1ccc2c(c1)sc(=O)n2C(=O)c1ccccc1Cl. The fourth-order valence-corrected chi connectivity index (χ4v) is 3.31. The number of fused-ring (bicyclic) bond motifs is 1. The summed E-state index contributed by atoms with van der Waals surface area (Å²) in [6.45, 7) is 1.45. The Morgan fingerprint density at radius 2 is 1.86 bits per heavy atom. The van der Waals surface area contributed by atoms with Crippen molar-refractivity contribution in [3.63, 3.8) is 0 Å². The number of carbonyl (C=O) groups excluding carboxylic acids is 2. The molecule has 0 aliphatic rings. The Hall–Kier alpha value is -2.24. The van der Waals surface area contributed by atoms with E-state index < -0.39 is 10.8 Å². The lowest BCUT2D eigenvalue weighted by Crippen LogP contribution is -2.22. The summed E-state index contributed by atoms with van der Waals surface area (Å²) in [6, 6.07) is 11.4. The average Bonchev–Trinajstić information content (AvgIpc) is 2.81. The fourth-order valence-electron chi connectivity index (χ4n) is 2.19. The summed E-state index contributed by atoms with van der Waals surface area (Å²) in [5, 5.41) is 0.291. The Labute approximate surface area is 134 Å². The minimum Gasteiger partial charge on any atom is -0.295 e. The number of ketones is 1. The van der Waals surface area contributed by atoms with Gasteiger partial charge in [0.1, 0.15) is 0 Å². The van der Waals surface area contributed by atoms with Gasteiger partial charge in [-0.25, -0.2) is 4.57 Å². The minimum atomic E-state index is -0.475. The van der Waals surface area contributed by atoms with E-state index in [1.54, 1.807) is 42.5 Å². The third-order valence-corrected chi connectivity index (χ3v) is 4.53. The third-order valence-electron chi connectivity index (χ3n) is 3.29. The van der Waals surface area contributed by atoms with Gasteiger partial charge in [-0.05, 0) is 37.3 Å². The lowest BCUT2D eigenvalue weighted by atomic mass is 10.1. The average molecular weight is 332 g/mol. The van der Waals surface area contributed by atoms with E-state index in [2.05, 4.69) is 0 Å². The molecule has 0 unspecified atom stereocenters. The van der Waals surface area contributed by atoms with Gasteiger partial charge in [-0.2, -0.15) is 0 Å². The van der Waals surface area contributed by atoms with Gasteiger partial charge in [-0.1, -0.05) is 35.1 Å². The number of aromatic nitrogens is 1. The van der Waals surface area contributed by atoms with Crippen molar-refractivity contribution in [1.82, 2.24) is 4.57 Å². The van der Waals surface area contributed by atoms with Crippen LogP contribution in [0.1, 0.15) is 27.6 Å². The van der Waals surface area contributed by atoms with E-state index >= 15 is 0 Å². The first kappa shape index (κ1) is 14.7. The molecule has 0 atom stereocenters. The summed E-state index contributed by atoms with van der Waals surface area (Å²) in [5.74, 6) is -0.566. The van der Waals surface area contributed by atoms with Crippen LogP contribution in [-0.2, 0) is 0 Å². The quantitative estimate of drug-likeness (QED) is 0.674. The van der Waals surface area contributed by atoms with Gasteiger partial charge >= 0.3 is 4.87 Å². The highest BCUT2D eigenvalue weighted by atomic mass is 35.5. The standard InChI is InChI=1S/C16H10ClNO3S/c1-9(19)10-6-7-13-14(8-10)22-16(21)18(13)15(20)11-4-2-3-5-12(11)17/h2-8H,1H3. The molecule has 0 fully saturated rings. The maximum atomic E-state index is 12.6. The smallest absolute Gasteiger partial charge is 0.295 e. The molecular weight excluding hydrogens is 322 g/mol. The van der Waals surface area contributed by atoms with Crippen LogP contribution in [0.3, 0.4) is 0 Å². The number of halogens is 1. The van der Waals surface area contributed by atoms with Gasteiger partial charge in [0.2, 0.25) is 0 Å². The molecule has 6 heteroatoms. The Morgan fingerprint density at radius 3 is 2.55 bits per heavy atom. The zero-order chi connectivity index (χ0) is 15.9. The molecule has 0 amide bonds. The zero-order valence-corrected chi connectivity index (χ0v) is 13.1. The van der Waals surface area contributed by atoms with Gasteiger partial charge in [-0.15, -0.1) is 0 Å². The number of thiazole rings is 1. The summed E-state index contributed by atoms with van der Waals surface area (Å²) >= 11 is 6.96. The molecular formula is C16H10ClNO3S. The van der Waals surface area contributed by atoms with E-state index in [0.29, 0.717) is 20.8 Å². The molecule has 1 aromatic heterocycles. The van der Waals surface area contributed by atoms with Crippen molar-refractivity contribution in [1.29, 1.82) is 0 Å². The highest BCUT2D eigenvalue weighted by Gasteiger charge is 2.18. The summed E-state index contributed by atoms with van der Waals surface area (Å²) < 4.78 is 1.68. The zero-order valence-electron chi connectivity index (χ0n) is 11.5. The molecule has 3 rings (SSSR count). The van der Waals surface area contributed by atoms with Crippen LogP contribution < -0.4 is 4.87 Å². The number of hydrogen-bond acceptors (Lipinski definition) is 4. The molecule has 0 aliphatic carbocycles. The van der Waals surface area contributed by atoms with Crippen LogP contribution in [0, 0.1) is 0 Å². The van der Waals surface area contributed by atoms with Gasteiger partial charge in [0.05, 0.1) is 20.8 Å². The number of hydrogen-bond donors (Lipinski definition) is 0. The van der Waals surface area contributed by atoms with Crippen LogP contribution in [0.25, 0.3) is 10.2 Å². The second-order valence-electron chi connectivity index (χ2n) is 4.73. The van der Waals surface area contributed by atoms with E-state index in [1.807, 2.05) is 0 Å². The molecule has 0 aliphatic heterocycles. The molecule has 4 nitrogen and oxygen atoms in total. The fraction of sp³-hybridized carbons (Fsp3) is 0.0625. The van der Waals surface area contributed by atoms with E-state index in [4.69, 9.17) is 11.6 Å². The molecule has 2 aromatic carbocycles.